The van der Waals surface area contributed by atoms with Crippen molar-refractivity contribution in [3.05, 3.63) is 46.3 Å². The molecule has 8 aliphatic rings. The fourth-order valence-electron chi connectivity index (χ4n) is 15.5. The summed E-state index contributed by atoms with van der Waals surface area (Å²) in [4.78, 5) is 57.9. The molecule has 55 heavy (non-hydrogen) atoms. The Hall–Kier alpha value is -3.20. The molecule has 0 heterocycles. The summed E-state index contributed by atoms with van der Waals surface area (Å²) in [6.07, 6.45) is 8.62. The standard InChI is InChI=1S/C46H62O9/c1-21-13-33(51-9)41(49)45(7)29(21)17-25-15-27(19-31-23(3)37(53-11)35(47)39(45)43(25,31)5)55-28-16-26-18-30-22(2)14-34(52-10)42(50)46(30,8)40-36(48)38(54-12)24(4)32(20-28)44(26,40)6/h13-14,21-22,25-32,39-40H,15-20H2,1-12H3/t21-,22+,25-,26+,27?,28?,29+,30-,31+,32-,39+,40-,43+,44-,45+,46-. The third-order valence-electron chi connectivity index (χ3n) is 17.9. The summed E-state index contributed by atoms with van der Waals surface area (Å²) < 4.78 is 30.5. The Morgan fingerprint density at radius 3 is 1.24 bits per heavy atom. The fraction of sp³-hybridized carbons (Fsp3) is 0.739. The van der Waals surface area contributed by atoms with Crippen LogP contribution in [0.5, 0.6) is 0 Å². The molecule has 4 saturated carbocycles. The number of allylic oxidation sites excluding steroid dienone is 8. The first kappa shape index (κ1) is 38.7. The van der Waals surface area contributed by atoms with E-state index in [1.54, 1.807) is 28.4 Å². The minimum absolute atomic E-state index is 0.00482. The van der Waals surface area contributed by atoms with E-state index in [1.807, 2.05) is 39.8 Å². The normalized spacial score (nSPS) is 48.9. The van der Waals surface area contributed by atoms with Crippen molar-refractivity contribution < 1.29 is 42.9 Å². The van der Waals surface area contributed by atoms with Crippen LogP contribution in [-0.4, -0.2) is 63.8 Å². The molecule has 9 heteroatoms. The second kappa shape index (κ2) is 12.6. The van der Waals surface area contributed by atoms with Crippen LogP contribution in [0.4, 0.5) is 0 Å². The van der Waals surface area contributed by atoms with Gasteiger partial charge in [-0.3, -0.25) is 19.2 Å². The van der Waals surface area contributed by atoms with Crippen molar-refractivity contribution in [2.75, 3.05) is 28.4 Å². The van der Waals surface area contributed by atoms with E-state index in [0.29, 0.717) is 23.0 Å². The Morgan fingerprint density at radius 1 is 0.545 bits per heavy atom. The van der Waals surface area contributed by atoms with Gasteiger partial charge in [-0.25, -0.2) is 0 Å². The molecule has 0 aromatic heterocycles. The average molecular weight is 759 g/mol. The Morgan fingerprint density at radius 2 is 0.909 bits per heavy atom. The van der Waals surface area contributed by atoms with Crippen LogP contribution >= 0.6 is 0 Å². The van der Waals surface area contributed by atoms with Crippen molar-refractivity contribution in [3.63, 3.8) is 0 Å². The third kappa shape index (κ3) is 4.68. The molecule has 0 amide bonds. The molecule has 0 bridgehead atoms. The number of ketones is 4. The quantitative estimate of drug-likeness (QED) is 0.270. The van der Waals surface area contributed by atoms with Gasteiger partial charge in [-0.2, -0.15) is 0 Å². The van der Waals surface area contributed by atoms with E-state index < -0.39 is 33.5 Å². The molecule has 0 aromatic carbocycles. The van der Waals surface area contributed by atoms with Crippen LogP contribution < -0.4 is 0 Å². The number of carbonyl (C=O) groups excluding carboxylic acids is 4. The van der Waals surface area contributed by atoms with Gasteiger partial charge in [0.15, 0.2) is 23.0 Å². The van der Waals surface area contributed by atoms with E-state index in [-0.39, 0.29) is 82.7 Å². The van der Waals surface area contributed by atoms with Crippen molar-refractivity contribution in [3.8, 4) is 0 Å². The zero-order chi connectivity index (χ0) is 39.9. The molecule has 2 unspecified atom stereocenters. The van der Waals surface area contributed by atoms with E-state index in [1.165, 1.54) is 0 Å². The minimum Gasteiger partial charge on any atom is -0.493 e. The molecule has 0 N–H and O–H groups in total. The first-order valence-electron chi connectivity index (χ1n) is 20.7. The van der Waals surface area contributed by atoms with Gasteiger partial charge in [0.05, 0.1) is 40.6 Å². The number of Topliss-reactive ketones (excluding diaryl/α,β-unsaturated/α-hetero) is 4. The maximum Gasteiger partial charge on any atom is 0.203 e. The van der Waals surface area contributed by atoms with Crippen LogP contribution in [0, 0.1) is 80.8 Å². The summed E-state index contributed by atoms with van der Waals surface area (Å²) >= 11 is 0. The average Bonchev–Trinajstić information content (AvgIpc) is 3.13. The lowest BCUT2D eigenvalue weighted by Crippen LogP contribution is -2.68. The summed E-state index contributed by atoms with van der Waals surface area (Å²) in [7, 11) is 6.26. The van der Waals surface area contributed by atoms with Gasteiger partial charge in [0.25, 0.3) is 0 Å². The van der Waals surface area contributed by atoms with Crippen molar-refractivity contribution in [1.29, 1.82) is 0 Å². The van der Waals surface area contributed by atoms with Crippen LogP contribution in [-0.2, 0) is 42.9 Å². The number of methoxy groups -OCH3 is 4. The molecule has 8 aliphatic carbocycles. The summed E-state index contributed by atoms with van der Waals surface area (Å²) in [6, 6.07) is 0. The monoisotopic (exact) mass is 758 g/mol. The second-order valence-corrected chi connectivity index (χ2v) is 19.7. The Bertz CT molecular complexity index is 1740. The van der Waals surface area contributed by atoms with Gasteiger partial charge in [-0.15, -0.1) is 0 Å². The number of fused-ring (bicyclic) bond motifs is 4. The number of ether oxygens (including phenoxy) is 5. The van der Waals surface area contributed by atoms with Gasteiger partial charge in [0, 0.05) is 22.7 Å². The van der Waals surface area contributed by atoms with Crippen LogP contribution in [0.15, 0.2) is 46.3 Å². The van der Waals surface area contributed by atoms with Gasteiger partial charge in [-0.1, -0.05) is 41.5 Å². The highest BCUT2D eigenvalue weighted by Gasteiger charge is 2.73. The van der Waals surface area contributed by atoms with Gasteiger partial charge >= 0.3 is 0 Å². The van der Waals surface area contributed by atoms with E-state index >= 15 is 0 Å². The molecule has 8 rings (SSSR count). The molecular formula is C46H62O9. The number of carbonyl (C=O) groups is 4. The predicted molar refractivity (Wildman–Crippen MR) is 205 cm³/mol. The number of hydrogen-bond acceptors (Lipinski definition) is 9. The van der Waals surface area contributed by atoms with Crippen molar-refractivity contribution in [2.24, 2.45) is 80.8 Å². The third-order valence-corrected chi connectivity index (χ3v) is 17.9. The number of rotatable bonds is 6. The highest BCUT2D eigenvalue weighted by atomic mass is 16.5. The minimum atomic E-state index is -0.906. The van der Waals surface area contributed by atoms with Gasteiger partial charge in [-0.05, 0) is 134 Å². The zero-order valence-electron chi connectivity index (χ0n) is 35.0. The van der Waals surface area contributed by atoms with E-state index in [4.69, 9.17) is 23.7 Å². The lowest BCUT2D eigenvalue weighted by Gasteiger charge is -2.67. The van der Waals surface area contributed by atoms with E-state index in [2.05, 4.69) is 27.7 Å². The molecule has 0 radical (unpaired) electrons. The van der Waals surface area contributed by atoms with Crippen LogP contribution in [0.25, 0.3) is 0 Å². The summed E-state index contributed by atoms with van der Waals surface area (Å²) in [5.74, 6) is 0.677. The maximum absolute atomic E-state index is 14.6. The molecular weight excluding hydrogens is 696 g/mol. The SMILES string of the molecule is COC1=C[C@@H](C)[C@@H]2C[C@H]3CC(OC4C[C@H]5C[C@@H]6[C@@H](C)C=C(OC)C(=O)[C@@]6(C)[C@@H]6C(=O)C(OC)=C(C)[C@@H](C4)[C@@]56C)C[C@H]4C(C)=C(OC)C(=O)[C@H]([C@@]2(C)C1=O)[C@@]34C. The molecule has 16 atom stereocenters. The molecule has 4 fully saturated rings. The topological polar surface area (TPSA) is 114 Å². The molecule has 300 valence electrons. The Labute approximate surface area is 327 Å². The summed E-state index contributed by atoms with van der Waals surface area (Å²) in [5, 5.41) is 0. The van der Waals surface area contributed by atoms with Gasteiger partial charge < -0.3 is 23.7 Å². The highest BCUT2D eigenvalue weighted by molar-refractivity contribution is 6.08. The highest BCUT2D eigenvalue weighted by Crippen LogP contribution is 2.72. The zero-order valence-corrected chi connectivity index (χ0v) is 35.0. The Kier molecular flexibility index (Phi) is 8.89. The van der Waals surface area contributed by atoms with Crippen LogP contribution in [0.2, 0.25) is 0 Å². The molecule has 0 saturated heterocycles. The molecule has 0 aliphatic heterocycles. The first-order chi connectivity index (χ1) is 25.9. The largest absolute Gasteiger partial charge is 0.493 e. The first-order valence-corrected chi connectivity index (χ1v) is 20.7. The maximum atomic E-state index is 14.6. The van der Waals surface area contributed by atoms with E-state index in [0.717, 1.165) is 49.7 Å². The summed E-state index contributed by atoms with van der Waals surface area (Å²) in [5.41, 5.74) is -0.775. The summed E-state index contributed by atoms with van der Waals surface area (Å²) in [6.45, 7) is 17.0. The van der Waals surface area contributed by atoms with Crippen molar-refractivity contribution in [1.82, 2.24) is 0 Å². The van der Waals surface area contributed by atoms with Crippen LogP contribution in [0.3, 0.4) is 0 Å². The molecule has 0 aromatic rings. The number of hydrogen-bond donors (Lipinski definition) is 0. The van der Waals surface area contributed by atoms with Crippen LogP contribution in [0.1, 0.15) is 93.9 Å². The second-order valence-electron chi connectivity index (χ2n) is 19.7. The van der Waals surface area contributed by atoms with E-state index in [9.17, 15) is 19.2 Å². The molecule has 0 spiro atoms. The predicted octanol–water partition coefficient (Wildman–Crippen LogP) is 7.59. The van der Waals surface area contributed by atoms with Gasteiger partial charge in [0.2, 0.25) is 23.1 Å². The lowest BCUT2D eigenvalue weighted by molar-refractivity contribution is -0.209. The smallest absolute Gasteiger partial charge is 0.203 e. The van der Waals surface area contributed by atoms with Gasteiger partial charge in [0.1, 0.15) is 0 Å². The Balaban J connectivity index is 1.16. The van der Waals surface area contributed by atoms with Crippen molar-refractivity contribution >= 4 is 23.1 Å². The lowest BCUT2D eigenvalue weighted by atomic mass is 9.36. The molecule has 9 nitrogen and oxygen atoms in total. The fourth-order valence-corrected chi connectivity index (χ4v) is 15.5. The van der Waals surface area contributed by atoms with Crippen molar-refractivity contribution in [2.45, 2.75) is 106 Å².